The number of alkyl halides is 3. The van der Waals surface area contributed by atoms with Crippen molar-refractivity contribution < 1.29 is 18.3 Å². The van der Waals surface area contributed by atoms with Gasteiger partial charge in [0.2, 0.25) is 5.95 Å². The minimum absolute atomic E-state index is 0.0273. The Kier molecular flexibility index (Phi) is 6.19. The first-order valence-electron chi connectivity index (χ1n) is 6.87. The fraction of sp³-hybridized carbons (Fsp3) is 0.692. The van der Waals surface area contributed by atoms with Crippen molar-refractivity contribution in [1.82, 2.24) is 9.97 Å². The minimum Gasteiger partial charge on any atom is -0.396 e. The van der Waals surface area contributed by atoms with Crippen molar-refractivity contribution in [2.75, 3.05) is 29.9 Å². The van der Waals surface area contributed by atoms with Crippen molar-refractivity contribution in [3.63, 3.8) is 0 Å². The van der Waals surface area contributed by atoms with Gasteiger partial charge in [0.05, 0.1) is 0 Å². The number of anilines is 2. The number of aromatic nitrogens is 2. The number of hydrogen-bond donors (Lipinski definition) is 2. The van der Waals surface area contributed by atoms with E-state index >= 15 is 0 Å². The van der Waals surface area contributed by atoms with Crippen LogP contribution in [0.25, 0.3) is 0 Å². The van der Waals surface area contributed by atoms with Crippen LogP contribution >= 0.6 is 0 Å². The summed E-state index contributed by atoms with van der Waals surface area (Å²) in [5.74, 6) is 0.161. The molecule has 2 N–H and O–H groups in total. The second kappa shape index (κ2) is 7.44. The van der Waals surface area contributed by atoms with Crippen molar-refractivity contribution >= 4 is 11.8 Å². The first kappa shape index (κ1) is 17.5. The molecule has 21 heavy (non-hydrogen) atoms. The highest BCUT2D eigenvalue weighted by molar-refractivity contribution is 5.46. The Bertz CT molecular complexity index is 452. The Labute approximate surface area is 122 Å². The largest absolute Gasteiger partial charge is 0.433 e. The summed E-state index contributed by atoms with van der Waals surface area (Å²) in [4.78, 5) is 9.34. The average Bonchev–Trinajstić information content (AvgIpc) is 2.38. The van der Waals surface area contributed by atoms with Crippen LogP contribution in [0.2, 0.25) is 0 Å². The molecule has 0 aliphatic carbocycles. The summed E-state index contributed by atoms with van der Waals surface area (Å²) in [7, 11) is 0. The molecule has 1 heterocycles. The lowest BCUT2D eigenvalue weighted by molar-refractivity contribution is -0.141. The smallest absolute Gasteiger partial charge is 0.396 e. The van der Waals surface area contributed by atoms with Gasteiger partial charge in [0.15, 0.2) is 5.69 Å². The number of hydrogen-bond acceptors (Lipinski definition) is 5. The van der Waals surface area contributed by atoms with E-state index in [0.29, 0.717) is 19.5 Å². The van der Waals surface area contributed by atoms with Crippen LogP contribution in [-0.2, 0) is 6.18 Å². The molecule has 0 aliphatic heterocycles. The lowest BCUT2D eigenvalue weighted by atomic mass is 10.2. The molecule has 0 bridgehead atoms. The van der Waals surface area contributed by atoms with E-state index in [1.165, 1.54) is 0 Å². The molecule has 0 atom stereocenters. The van der Waals surface area contributed by atoms with Gasteiger partial charge in [-0.05, 0) is 27.2 Å². The molecular formula is C13H21F3N4O. The summed E-state index contributed by atoms with van der Waals surface area (Å²) < 4.78 is 38.8. The fourth-order valence-electron chi connectivity index (χ4n) is 1.84. The average molecular weight is 306 g/mol. The highest BCUT2D eigenvalue weighted by Crippen LogP contribution is 2.31. The van der Waals surface area contributed by atoms with Gasteiger partial charge in [0, 0.05) is 31.8 Å². The summed E-state index contributed by atoms with van der Waals surface area (Å²) in [6.45, 7) is 6.31. The number of aliphatic hydroxyl groups is 1. The van der Waals surface area contributed by atoms with Crippen LogP contribution < -0.4 is 10.2 Å². The molecule has 0 saturated heterocycles. The predicted octanol–water partition coefficient (Wildman–Crippen LogP) is 2.52. The zero-order chi connectivity index (χ0) is 16.0. The summed E-state index contributed by atoms with van der Waals surface area (Å²) in [5, 5.41) is 11.6. The number of aliphatic hydroxyl groups excluding tert-OH is 1. The molecular weight excluding hydrogens is 285 g/mol. The van der Waals surface area contributed by atoms with E-state index in [0.717, 1.165) is 6.07 Å². The van der Waals surface area contributed by atoms with Crippen molar-refractivity contribution in [1.29, 1.82) is 0 Å². The van der Waals surface area contributed by atoms with Crippen LogP contribution in [0.15, 0.2) is 6.07 Å². The van der Waals surface area contributed by atoms with Crippen molar-refractivity contribution in [3.8, 4) is 0 Å². The summed E-state index contributed by atoms with van der Waals surface area (Å²) >= 11 is 0. The van der Waals surface area contributed by atoms with E-state index in [-0.39, 0.29) is 24.4 Å². The van der Waals surface area contributed by atoms with Gasteiger partial charge >= 0.3 is 6.18 Å². The third kappa shape index (κ3) is 5.04. The standard InChI is InChI=1S/C13H21F3N4O/c1-4-17-12-18-10(13(14,15)16)8-11(19-12)20(9(2)3)6-5-7-21/h8-9,21H,4-7H2,1-3H3,(H,17,18,19). The topological polar surface area (TPSA) is 61.3 Å². The van der Waals surface area contributed by atoms with Gasteiger partial charge in [0.1, 0.15) is 5.82 Å². The zero-order valence-corrected chi connectivity index (χ0v) is 12.4. The molecule has 8 heteroatoms. The third-order valence-electron chi connectivity index (χ3n) is 2.81. The molecule has 0 spiro atoms. The van der Waals surface area contributed by atoms with Crippen molar-refractivity contribution in [3.05, 3.63) is 11.8 Å². The molecule has 0 saturated carbocycles. The lowest BCUT2D eigenvalue weighted by Gasteiger charge is -2.28. The van der Waals surface area contributed by atoms with E-state index in [2.05, 4.69) is 15.3 Å². The molecule has 0 aliphatic rings. The van der Waals surface area contributed by atoms with Crippen LogP contribution in [-0.4, -0.2) is 40.8 Å². The fourth-order valence-corrected chi connectivity index (χ4v) is 1.84. The number of halogens is 3. The van der Waals surface area contributed by atoms with Gasteiger partial charge < -0.3 is 15.3 Å². The molecule has 0 amide bonds. The summed E-state index contributed by atoms with van der Waals surface area (Å²) in [5.41, 5.74) is -0.974. The molecule has 1 rings (SSSR count). The molecule has 120 valence electrons. The second-order valence-electron chi connectivity index (χ2n) is 4.83. The monoisotopic (exact) mass is 306 g/mol. The number of nitrogens with one attached hydrogen (secondary N) is 1. The molecule has 1 aromatic heterocycles. The quantitative estimate of drug-likeness (QED) is 0.810. The predicted molar refractivity (Wildman–Crippen MR) is 75.4 cm³/mol. The Morgan fingerprint density at radius 3 is 2.48 bits per heavy atom. The van der Waals surface area contributed by atoms with Gasteiger partial charge in [-0.25, -0.2) is 4.98 Å². The molecule has 0 aromatic carbocycles. The van der Waals surface area contributed by atoms with E-state index in [1.807, 2.05) is 13.8 Å². The van der Waals surface area contributed by atoms with Crippen LogP contribution in [0, 0.1) is 0 Å². The van der Waals surface area contributed by atoms with Crippen LogP contribution in [0.1, 0.15) is 32.9 Å². The number of rotatable bonds is 7. The van der Waals surface area contributed by atoms with Crippen LogP contribution in [0.4, 0.5) is 24.9 Å². The first-order chi connectivity index (χ1) is 9.79. The van der Waals surface area contributed by atoms with Crippen molar-refractivity contribution in [2.45, 2.75) is 39.4 Å². The maximum Gasteiger partial charge on any atom is 0.433 e. The van der Waals surface area contributed by atoms with Crippen molar-refractivity contribution in [2.24, 2.45) is 0 Å². The van der Waals surface area contributed by atoms with Gasteiger partial charge in [-0.1, -0.05) is 0 Å². The lowest BCUT2D eigenvalue weighted by Crippen LogP contribution is -2.33. The highest BCUT2D eigenvalue weighted by Gasteiger charge is 2.34. The Morgan fingerprint density at radius 1 is 1.33 bits per heavy atom. The Morgan fingerprint density at radius 2 is 2.00 bits per heavy atom. The Balaban J connectivity index is 3.21. The van der Waals surface area contributed by atoms with E-state index in [9.17, 15) is 13.2 Å². The highest BCUT2D eigenvalue weighted by atomic mass is 19.4. The van der Waals surface area contributed by atoms with Crippen LogP contribution in [0.5, 0.6) is 0 Å². The molecule has 0 fully saturated rings. The maximum atomic E-state index is 12.9. The zero-order valence-electron chi connectivity index (χ0n) is 12.4. The van der Waals surface area contributed by atoms with Gasteiger partial charge in [-0.2, -0.15) is 18.2 Å². The molecule has 0 unspecified atom stereocenters. The van der Waals surface area contributed by atoms with E-state index in [4.69, 9.17) is 5.11 Å². The maximum absolute atomic E-state index is 12.9. The number of nitrogens with zero attached hydrogens (tertiary/aromatic N) is 3. The second-order valence-corrected chi connectivity index (χ2v) is 4.83. The Hall–Kier alpha value is -1.57. The van der Waals surface area contributed by atoms with Gasteiger partial charge in [-0.15, -0.1) is 0 Å². The SMILES string of the molecule is CCNc1nc(N(CCCO)C(C)C)cc(C(F)(F)F)n1. The third-order valence-corrected chi connectivity index (χ3v) is 2.81. The van der Waals surface area contributed by atoms with Gasteiger partial charge in [-0.3, -0.25) is 0 Å². The van der Waals surface area contributed by atoms with Crippen LogP contribution in [0.3, 0.4) is 0 Å². The molecule has 1 aromatic rings. The normalized spacial score (nSPS) is 11.8. The molecule has 5 nitrogen and oxygen atoms in total. The van der Waals surface area contributed by atoms with E-state index in [1.54, 1.807) is 11.8 Å². The minimum atomic E-state index is -4.53. The van der Waals surface area contributed by atoms with Gasteiger partial charge in [0.25, 0.3) is 0 Å². The van der Waals surface area contributed by atoms with E-state index < -0.39 is 11.9 Å². The summed E-state index contributed by atoms with van der Waals surface area (Å²) in [6.07, 6.45) is -4.07. The molecule has 0 radical (unpaired) electrons. The first-order valence-corrected chi connectivity index (χ1v) is 6.87. The summed E-state index contributed by atoms with van der Waals surface area (Å²) in [6, 6.07) is 0.903.